The average molecular weight is 274 g/mol. The van der Waals surface area contributed by atoms with Crippen LogP contribution in [0.2, 0.25) is 0 Å². The molecule has 0 heterocycles. The number of carbonyl (C=O) groups excluding carboxylic acids is 3. The zero-order chi connectivity index (χ0) is 15.3. The van der Waals surface area contributed by atoms with Crippen LogP contribution >= 0.6 is 0 Å². The van der Waals surface area contributed by atoms with Crippen molar-refractivity contribution in [3.05, 3.63) is 47.5 Å². The van der Waals surface area contributed by atoms with Gasteiger partial charge in [-0.05, 0) is 0 Å². The topological polar surface area (TPSA) is 60.4 Å². The van der Waals surface area contributed by atoms with E-state index in [1.165, 1.54) is 7.11 Å². The van der Waals surface area contributed by atoms with Crippen LogP contribution < -0.4 is 0 Å². The van der Waals surface area contributed by atoms with Gasteiger partial charge in [0.25, 0.3) is 0 Å². The predicted molar refractivity (Wildman–Crippen MR) is 75.3 cm³/mol. The van der Waals surface area contributed by atoms with E-state index in [1.54, 1.807) is 51.1 Å². The maximum absolute atomic E-state index is 12.2. The minimum Gasteiger partial charge on any atom is -0.465 e. The maximum Gasteiger partial charge on any atom is 0.341 e. The first-order valence-corrected chi connectivity index (χ1v) is 6.21. The fourth-order valence-corrected chi connectivity index (χ4v) is 1.55. The van der Waals surface area contributed by atoms with Crippen LogP contribution in [0.15, 0.2) is 42.0 Å². The zero-order valence-corrected chi connectivity index (χ0v) is 12.1. The number of esters is 1. The number of benzene rings is 1. The molecule has 4 nitrogen and oxygen atoms in total. The van der Waals surface area contributed by atoms with Gasteiger partial charge in [-0.25, -0.2) is 4.79 Å². The van der Waals surface area contributed by atoms with Crippen LogP contribution in [-0.2, 0) is 14.3 Å². The minimum absolute atomic E-state index is 0.228. The second kappa shape index (κ2) is 6.28. The molecule has 0 unspecified atom stereocenters. The quantitative estimate of drug-likeness (QED) is 0.278. The molecule has 106 valence electrons. The largest absolute Gasteiger partial charge is 0.465 e. The minimum atomic E-state index is -0.797. The molecule has 0 saturated carbocycles. The molecule has 0 aliphatic rings. The number of ketones is 2. The van der Waals surface area contributed by atoms with Crippen LogP contribution in [0.3, 0.4) is 0 Å². The number of Topliss-reactive ketones (excluding diaryl/α,β-unsaturated/α-hetero) is 1. The number of ether oxygens (including phenoxy) is 1. The van der Waals surface area contributed by atoms with Gasteiger partial charge in [-0.2, -0.15) is 0 Å². The number of hydrogen-bond donors (Lipinski definition) is 0. The summed E-state index contributed by atoms with van der Waals surface area (Å²) in [6, 6.07) is 8.45. The molecule has 0 spiro atoms. The molecule has 0 atom stereocenters. The summed E-state index contributed by atoms with van der Waals surface area (Å²) in [5, 5.41) is 0. The third-order valence-electron chi connectivity index (χ3n) is 2.66. The molecule has 0 aliphatic heterocycles. The first-order valence-electron chi connectivity index (χ1n) is 6.21. The van der Waals surface area contributed by atoms with Crippen LogP contribution in [0, 0.1) is 5.41 Å². The molecule has 1 aromatic rings. The van der Waals surface area contributed by atoms with Crippen LogP contribution in [0.1, 0.15) is 31.1 Å². The third kappa shape index (κ3) is 3.88. The fourth-order valence-electron chi connectivity index (χ4n) is 1.55. The van der Waals surface area contributed by atoms with Gasteiger partial charge in [-0.1, -0.05) is 51.1 Å². The van der Waals surface area contributed by atoms with E-state index in [2.05, 4.69) is 4.74 Å². The number of methoxy groups -OCH3 is 1. The highest BCUT2D eigenvalue weighted by atomic mass is 16.5. The molecule has 0 saturated heterocycles. The Morgan fingerprint density at radius 1 is 1.05 bits per heavy atom. The highest BCUT2D eigenvalue weighted by molar-refractivity contribution is 6.23. The molecule has 0 amide bonds. The van der Waals surface area contributed by atoms with E-state index in [0.29, 0.717) is 5.56 Å². The molecule has 0 N–H and O–H groups in total. The molecule has 4 heteroatoms. The van der Waals surface area contributed by atoms with Crippen molar-refractivity contribution in [2.75, 3.05) is 7.11 Å². The Labute approximate surface area is 118 Å². The Kier molecular flexibility index (Phi) is 4.97. The van der Waals surface area contributed by atoms with Crippen molar-refractivity contribution in [3.8, 4) is 0 Å². The Hall–Kier alpha value is -2.23. The van der Waals surface area contributed by atoms with E-state index in [4.69, 9.17) is 0 Å². The van der Waals surface area contributed by atoms with E-state index < -0.39 is 23.0 Å². The van der Waals surface area contributed by atoms with Crippen molar-refractivity contribution in [1.82, 2.24) is 0 Å². The fraction of sp³-hybridized carbons (Fsp3) is 0.312. The number of rotatable bonds is 4. The molecule has 0 fully saturated rings. The van der Waals surface area contributed by atoms with Gasteiger partial charge in [0.05, 0.1) is 7.11 Å². The van der Waals surface area contributed by atoms with E-state index in [1.807, 2.05) is 0 Å². The molecule has 20 heavy (non-hydrogen) atoms. The molecular weight excluding hydrogens is 256 g/mol. The van der Waals surface area contributed by atoms with Gasteiger partial charge >= 0.3 is 5.97 Å². The standard InChI is InChI=1S/C16H18O4/c1-16(2,3)14(18)12(15(19)20-4)10-13(17)11-8-6-5-7-9-11/h5-10H,1-4H3/b12-10+. The normalized spacial score (nSPS) is 11.9. The van der Waals surface area contributed by atoms with Crippen molar-refractivity contribution in [3.63, 3.8) is 0 Å². The van der Waals surface area contributed by atoms with Gasteiger partial charge in [-0.15, -0.1) is 0 Å². The smallest absolute Gasteiger partial charge is 0.341 e. The summed E-state index contributed by atoms with van der Waals surface area (Å²) in [5.41, 5.74) is -0.582. The lowest BCUT2D eigenvalue weighted by molar-refractivity contribution is -0.139. The third-order valence-corrected chi connectivity index (χ3v) is 2.66. The highest BCUT2D eigenvalue weighted by Crippen LogP contribution is 2.21. The highest BCUT2D eigenvalue weighted by Gasteiger charge is 2.30. The Balaban J connectivity index is 3.19. The summed E-state index contributed by atoms with van der Waals surface area (Å²) < 4.78 is 4.59. The molecule has 0 radical (unpaired) electrons. The first kappa shape index (κ1) is 15.8. The second-order valence-corrected chi connectivity index (χ2v) is 5.36. The lowest BCUT2D eigenvalue weighted by Crippen LogP contribution is -2.27. The van der Waals surface area contributed by atoms with E-state index in [0.717, 1.165) is 6.08 Å². The van der Waals surface area contributed by atoms with Crippen molar-refractivity contribution in [2.24, 2.45) is 5.41 Å². The maximum atomic E-state index is 12.2. The van der Waals surface area contributed by atoms with Crippen LogP contribution in [-0.4, -0.2) is 24.6 Å². The van der Waals surface area contributed by atoms with Crippen molar-refractivity contribution >= 4 is 17.5 Å². The van der Waals surface area contributed by atoms with E-state index in [-0.39, 0.29) is 5.57 Å². The second-order valence-electron chi connectivity index (χ2n) is 5.36. The predicted octanol–water partition coefficient (Wildman–Crippen LogP) is 2.58. The van der Waals surface area contributed by atoms with E-state index in [9.17, 15) is 14.4 Å². The molecule has 0 aromatic heterocycles. The summed E-state index contributed by atoms with van der Waals surface area (Å²) in [7, 11) is 1.18. The zero-order valence-electron chi connectivity index (χ0n) is 12.1. The lowest BCUT2D eigenvalue weighted by Gasteiger charge is -2.17. The molecule has 1 rings (SSSR count). The van der Waals surface area contributed by atoms with Gasteiger partial charge in [-0.3, -0.25) is 9.59 Å². The SMILES string of the molecule is COC(=O)/C(=C/C(=O)c1ccccc1)C(=O)C(C)(C)C. The number of allylic oxidation sites excluding steroid dienone is 1. The van der Waals surface area contributed by atoms with E-state index >= 15 is 0 Å². The Morgan fingerprint density at radius 3 is 2.05 bits per heavy atom. The van der Waals surface area contributed by atoms with Crippen molar-refractivity contribution in [1.29, 1.82) is 0 Å². The number of carbonyl (C=O) groups is 3. The monoisotopic (exact) mass is 274 g/mol. The molecule has 1 aromatic carbocycles. The molecule has 0 bridgehead atoms. The summed E-state index contributed by atoms with van der Waals surface area (Å²) >= 11 is 0. The Morgan fingerprint density at radius 2 is 1.60 bits per heavy atom. The van der Waals surface area contributed by atoms with Crippen LogP contribution in [0.4, 0.5) is 0 Å². The number of hydrogen-bond acceptors (Lipinski definition) is 4. The van der Waals surface area contributed by atoms with Crippen LogP contribution in [0.5, 0.6) is 0 Å². The first-order chi connectivity index (χ1) is 9.27. The average Bonchev–Trinajstić information content (AvgIpc) is 2.42. The van der Waals surface area contributed by atoms with Gasteiger partial charge in [0.1, 0.15) is 5.57 Å². The molecule has 0 aliphatic carbocycles. The summed E-state index contributed by atoms with van der Waals surface area (Å²) in [6.45, 7) is 5.04. The summed E-state index contributed by atoms with van der Waals surface area (Å²) in [6.07, 6.45) is 1.05. The summed E-state index contributed by atoms with van der Waals surface area (Å²) in [4.78, 5) is 36.0. The van der Waals surface area contributed by atoms with Gasteiger partial charge in [0, 0.05) is 17.1 Å². The van der Waals surface area contributed by atoms with Gasteiger partial charge in [0.2, 0.25) is 0 Å². The lowest BCUT2D eigenvalue weighted by atomic mass is 9.85. The van der Waals surface area contributed by atoms with Crippen molar-refractivity contribution < 1.29 is 19.1 Å². The Bertz CT molecular complexity index is 548. The summed E-state index contributed by atoms with van der Waals surface area (Å²) in [5.74, 6) is -1.62. The van der Waals surface area contributed by atoms with Crippen molar-refractivity contribution in [2.45, 2.75) is 20.8 Å². The van der Waals surface area contributed by atoms with Gasteiger partial charge in [0.15, 0.2) is 11.6 Å². The molecular formula is C16H18O4. The van der Waals surface area contributed by atoms with Gasteiger partial charge < -0.3 is 4.74 Å². The van der Waals surface area contributed by atoms with Crippen LogP contribution in [0.25, 0.3) is 0 Å².